The lowest BCUT2D eigenvalue weighted by atomic mass is 9.74. The molecule has 0 amide bonds. The third-order valence-corrected chi connectivity index (χ3v) is 2.42. The first-order valence-electron chi connectivity index (χ1n) is 4.09. The summed E-state index contributed by atoms with van der Waals surface area (Å²) in [6.07, 6.45) is 6.06. The van der Waals surface area contributed by atoms with Gasteiger partial charge in [0, 0.05) is 20.0 Å². The van der Waals surface area contributed by atoms with Crippen LogP contribution < -0.4 is 5.32 Å². The van der Waals surface area contributed by atoms with Crippen molar-refractivity contribution in [2.75, 3.05) is 13.7 Å². The van der Waals surface area contributed by atoms with Crippen LogP contribution in [0.1, 0.15) is 12.8 Å². The first kappa shape index (κ1) is 10.0. The van der Waals surface area contributed by atoms with Gasteiger partial charge < -0.3 is 9.84 Å². The molecule has 72 valence electrons. The lowest BCUT2D eigenvalue weighted by Gasteiger charge is -2.43. The Balaban J connectivity index is 2.51. The van der Waals surface area contributed by atoms with Crippen LogP contribution in [0.15, 0.2) is 0 Å². The van der Waals surface area contributed by atoms with Gasteiger partial charge in [-0.25, -0.2) is 0 Å². The van der Waals surface area contributed by atoms with Gasteiger partial charge in [-0.05, 0) is 0 Å². The Morgan fingerprint density at radius 3 is 2.85 bits per heavy atom. The van der Waals surface area contributed by atoms with Gasteiger partial charge in [0.15, 0.2) is 0 Å². The molecule has 1 aliphatic carbocycles. The maximum absolute atomic E-state index is 10.9. The van der Waals surface area contributed by atoms with Crippen LogP contribution in [-0.4, -0.2) is 36.4 Å². The van der Waals surface area contributed by atoms with E-state index < -0.39 is 11.5 Å². The van der Waals surface area contributed by atoms with Gasteiger partial charge in [0.25, 0.3) is 0 Å². The van der Waals surface area contributed by atoms with Crippen molar-refractivity contribution in [3.63, 3.8) is 0 Å². The highest BCUT2D eigenvalue weighted by Crippen LogP contribution is 2.34. The molecule has 1 rings (SSSR count). The fraction of sp³-hybridized carbons (Fsp3) is 0.667. The normalized spacial score (nSPS) is 31.8. The van der Waals surface area contributed by atoms with Gasteiger partial charge in [0.2, 0.25) is 0 Å². The zero-order valence-corrected chi connectivity index (χ0v) is 7.54. The number of carbonyl (C=O) groups is 1. The Morgan fingerprint density at radius 2 is 2.46 bits per heavy atom. The fourth-order valence-corrected chi connectivity index (χ4v) is 1.50. The van der Waals surface area contributed by atoms with Gasteiger partial charge in [-0.3, -0.25) is 10.1 Å². The van der Waals surface area contributed by atoms with Crippen LogP contribution in [0.2, 0.25) is 0 Å². The number of methoxy groups -OCH3 is 1. The number of rotatable bonds is 4. The Kier molecular flexibility index (Phi) is 2.91. The SMILES string of the molecule is C#CCNC1(C(=O)O)CC(OC)C1. The smallest absolute Gasteiger partial charge is 0.324 e. The van der Waals surface area contributed by atoms with Crippen molar-refractivity contribution in [1.82, 2.24) is 5.32 Å². The molecule has 2 N–H and O–H groups in total. The zero-order chi connectivity index (χ0) is 9.90. The van der Waals surface area contributed by atoms with E-state index in [4.69, 9.17) is 16.3 Å². The molecule has 0 unspecified atom stereocenters. The molecular weight excluding hydrogens is 170 g/mol. The third-order valence-electron chi connectivity index (χ3n) is 2.42. The molecule has 0 spiro atoms. The largest absolute Gasteiger partial charge is 0.480 e. The number of hydrogen-bond acceptors (Lipinski definition) is 3. The van der Waals surface area contributed by atoms with E-state index in [-0.39, 0.29) is 12.6 Å². The van der Waals surface area contributed by atoms with E-state index in [2.05, 4.69) is 11.2 Å². The molecule has 0 heterocycles. The highest BCUT2D eigenvalue weighted by molar-refractivity contribution is 5.80. The van der Waals surface area contributed by atoms with Gasteiger partial charge in [-0.2, -0.15) is 0 Å². The molecule has 0 atom stereocenters. The van der Waals surface area contributed by atoms with Crippen LogP contribution in [0.5, 0.6) is 0 Å². The molecule has 1 fully saturated rings. The number of terminal acetylenes is 1. The molecule has 1 saturated carbocycles. The van der Waals surface area contributed by atoms with Crippen molar-refractivity contribution >= 4 is 5.97 Å². The monoisotopic (exact) mass is 183 g/mol. The number of carboxylic acids is 1. The van der Waals surface area contributed by atoms with E-state index in [9.17, 15) is 4.79 Å². The van der Waals surface area contributed by atoms with E-state index >= 15 is 0 Å². The standard InChI is InChI=1S/C9H13NO3/c1-3-4-10-9(8(11)12)5-7(6-9)13-2/h1,7,10H,4-6H2,2H3,(H,11,12). The Labute approximate surface area is 77.3 Å². The zero-order valence-electron chi connectivity index (χ0n) is 7.54. The molecule has 0 aromatic carbocycles. The minimum absolute atomic E-state index is 0.0429. The van der Waals surface area contributed by atoms with E-state index in [1.165, 1.54) is 0 Å². The lowest BCUT2D eigenvalue weighted by molar-refractivity contribution is -0.156. The molecule has 13 heavy (non-hydrogen) atoms. The highest BCUT2D eigenvalue weighted by atomic mass is 16.5. The number of ether oxygens (including phenoxy) is 1. The summed E-state index contributed by atoms with van der Waals surface area (Å²) in [5.41, 5.74) is -0.854. The molecule has 4 nitrogen and oxygen atoms in total. The Morgan fingerprint density at radius 1 is 1.85 bits per heavy atom. The van der Waals surface area contributed by atoms with Crippen molar-refractivity contribution in [2.45, 2.75) is 24.5 Å². The molecule has 0 saturated heterocycles. The predicted molar refractivity (Wildman–Crippen MR) is 47.2 cm³/mol. The summed E-state index contributed by atoms with van der Waals surface area (Å²) in [5.74, 6) is 1.51. The van der Waals surface area contributed by atoms with Crippen molar-refractivity contribution < 1.29 is 14.6 Å². The van der Waals surface area contributed by atoms with E-state index in [1.807, 2.05) is 0 Å². The second kappa shape index (κ2) is 3.77. The van der Waals surface area contributed by atoms with E-state index in [0.29, 0.717) is 12.8 Å². The van der Waals surface area contributed by atoms with Crippen molar-refractivity contribution in [1.29, 1.82) is 0 Å². The highest BCUT2D eigenvalue weighted by Gasteiger charge is 2.50. The maximum Gasteiger partial charge on any atom is 0.324 e. The summed E-state index contributed by atoms with van der Waals surface area (Å²) >= 11 is 0. The first-order chi connectivity index (χ1) is 6.14. The number of hydrogen-bond donors (Lipinski definition) is 2. The molecule has 0 aromatic heterocycles. The maximum atomic E-state index is 10.9. The molecule has 4 heteroatoms. The Hall–Kier alpha value is -1.05. The van der Waals surface area contributed by atoms with Crippen molar-refractivity contribution in [2.24, 2.45) is 0 Å². The van der Waals surface area contributed by atoms with Gasteiger partial charge in [-0.15, -0.1) is 6.42 Å². The molecular formula is C9H13NO3. The summed E-state index contributed by atoms with van der Waals surface area (Å²) in [7, 11) is 1.58. The van der Waals surface area contributed by atoms with Gasteiger partial charge in [0.1, 0.15) is 5.54 Å². The van der Waals surface area contributed by atoms with Gasteiger partial charge >= 0.3 is 5.97 Å². The first-order valence-corrected chi connectivity index (χ1v) is 4.09. The van der Waals surface area contributed by atoms with Crippen LogP contribution in [0.3, 0.4) is 0 Å². The number of carboxylic acid groups (broad SMARTS) is 1. The molecule has 0 aliphatic heterocycles. The molecule has 0 radical (unpaired) electrons. The fourth-order valence-electron chi connectivity index (χ4n) is 1.50. The predicted octanol–water partition coefficient (Wildman–Crippen LogP) is -0.159. The summed E-state index contributed by atoms with van der Waals surface area (Å²) in [6, 6.07) is 0. The summed E-state index contributed by atoms with van der Waals surface area (Å²) < 4.78 is 5.02. The number of aliphatic carboxylic acids is 1. The van der Waals surface area contributed by atoms with Crippen LogP contribution in [0, 0.1) is 12.3 Å². The minimum Gasteiger partial charge on any atom is -0.480 e. The van der Waals surface area contributed by atoms with Crippen LogP contribution in [-0.2, 0) is 9.53 Å². The summed E-state index contributed by atoms with van der Waals surface area (Å²) in [5, 5.41) is 11.8. The van der Waals surface area contributed by atoms with Crippen molar-refractivity contribution in [3.05, 3.63) is 0 Å². The van der Waals surface area contributed by atoms with Crippen LogP contribution in [0.4, 0.5) is 0 Å². The summed E-state index contributed by atoms with van der Waals surface area (Å²) in [4.78, 5) is 10.9. The van der Waals surface area contributed by atoms with E-state index in [1.54, 1.807) is 7.11 Å². The summed E-state index contributed by atoms with van der Waals surface area (Å²) in [6.45, 7) is 0.280. The van der Waals surface area contributed by atoms with Crippen LogP contribution in [0.25, 0.3) is 0 Å². The van der Waals surface area contributed by atoms with Crippen molar-refractivity contribution in [3.8, 4) is 12.3 Å². The van der Waals surface area contributed by atoms with Gasteiger partial charge in [0.05, 0.1) is 12.6 Å². The second-order valence-electron chi connectivity index (χ2n) is 3.21. The molecule has 1 aliphatic rings. The minimum atomic E-state index is -0.854. The molecule has 0 bridgehead atoms. The quantitative estimate of drug-likeness (QED) is 0.595. The Bertz CT molecular complexity index is 238. The van der Waals surface area contributed by atoms with E-state index in [0.717, 1.165) is 0 Å². The second-order valence-corrected chi connectivity index (χ2v) is 3.21. The van der Waals surface area contributed by atoms with Gasteiger partial charge in [-0.1, -0.05) is 5.92 Å². The lowest BCUT2D eigenvalue weighted by Crippen LogP contribution is -2.63. The third kappa shape index (κ3) is 1.82. The molecule has 0 aromatic rings. The number of nitrogens with one attached hydrogen (secondary N) is 1. The topological polar surface area (TPSA) is 58.6 Å². The average molecular weight is 183 g/mol. The average Bonchev–Trinajstić information content (AvgIpc) is 2.02. The van der Waals surface area contributed by atoms with Crippen LogP contribution >= 0.6 is 0 Å².